The van der Waals surface area contributed by atoms with Gasteiger partial charge in [0.2, 0.25) is 5.91 Å². The van der Waals surface area contributed by atoms with Crippen molar-refractivity contribution in [3.05, 3.63) is 29.8 Å². The first-order valence-corrected chi connectivity index (χ1v) is 7.66. The number of halogens is 3. The Kier molecular flexibility index (Phi) is 4.02. The van der Waals surface area contributed by atoms with Gasteiger partial charge in [-0.1, -0.05) is 6.07 Å². The molecular formula is C16H19F3N2O. The van der Waals surface area contributed by atoms with Gasteiger partial charge in [-0.2, -0.15) is 13.2 Å². The number of alkyl halides is 3. The van der Waals surface area contributed by atoms with E-state index in [9.17, 15) is 18.0 Å². The van der Waals surface area contributed by atoms with E-state index in [1.54, 1.807) is 6.07 Å². The van der Waals surface area contributed by atoms with Crippen molar-refractivity contribution >= 4 is 11.6 Å². The van der Waals surface area contributed by atoms with E-state index < -0.39 is 11.7 Å². The fourth-order valence-corrected chi connectivity index (χ4v) is 3.15. The van der Waals surface area contributed by atoms with Crippen LogP contribution in [0.25, 0.3) is 0 Å². The van der Waals surface area contributed by atoms with Crippen LogP contribution in [0.3, 0.4) is 0 Å². The number of anilines is 1. The van der Waals surface area contributed by atoms with Crippen molar-refractivity contribution in [3.63, 3.8) is 0 Å². The van der Waals surface area contributed by atoms with Crippen molar-refractivity contribution in [1.29, 1.82) is 0 Å². The Morgan fingerprint density at radius 2 is 1.86 bits per heavy atom. The summed E-state index contributed by atoms with van der Waals surface area (Å²) in [7, 11) is 0. The summed E-state index contributed by atoms with van der Waals surface area (Å²) in [5.41, 5.74) is -0.187. The number of nitrogens with zero attached hydrogens (tertiary/aromatic N) is 1. The minimum absolute atomic E-state index is 0.0291. The van der Waals surface area contributed by atoms with Gasteiger partial charge in [-0.15, -0.1) is 0 Å². The summed E-state index contributed by atoms with van der Waals surface area (Å²) in [6, 6.07) is 5.29. The van der Waals surface area contributed by atoms with Crippen LogP contribution in [0.4, 0.5) is 18.9 Å². The Labute approximate surface area is 127 Å². The van der Waals surface area contributed by atoms with Crippen molar-refractivity contribution < 1.29 is 18.0 Å². The summed E-state index contributed by atoms with van der Waals surface area (Å²) in [5, 5.41) is 3.10. The third kappa shape index (κ3) is 3.20. The van der Waals surface area contributed by atoms with E-state index in [0.717, 1.165) is 38.1 Å². The molecule has 1 saturated heterocycles. The number of amides is 1. The summed E-state index contributed by atoms with van der Waals surface area (Å²) < 4.78 is 38.0. The third-order valence-corrected chi connectivity index (χ3v) is 4.47. The second kappa shape index (κ2) is 5.82. The topological polar surface area (TPSA) is 32.3 Å². The van der Waals surface area contributed by atoms with Crippen LogP contribution in [0.1, 0.15) is 31.2 Å². The average molecular weight is 312 g/mol. The van der Waals surface area contributed by atoms with Gasteiger partial charge in [0, 0.05) is 30.7 Å². The molecule has 0 bridgehead atoms. The second-order valence-electron chi connectivity index (χ2n) is 6.12. The Morgan fingerprint density at radius 1 is 1.18 bits per heavy atom. The van der Waals surface area contributed by atoms with Gasteiger partial charge in [0.05, 0.1) is 5.56 Å². The Hall–Kier alpha value is -1.72. The molecule has 2 fully saturated rings. The highest BCUT2D eigenvalue weighted by Gasteiger charge is 2.37. The number of likely N-dealkylation sites (tertiary alicyclic amines) is 1. The van der Waals surface area contributed by atoms with Crippen molar-refractivity contribution in [2.75, 3.05) is 18.4 Å². The summed E-state index contributed by atoms with van der Waals surface area (Å²) in [6.45, 7) is 1.70. The lowest BCUT2D eigenvalue weighted by Crippen LogP contribution is -2.45. The first-order chi connectivity index (χ1) is 10.4. The van der Waals surface area contributed by atoms with E-state index in [4.69, 9.17) is 0 Å². The van der Waals surface area contributed by atoms with Crippen LogP contribution in [0.5, 0.6) is 0 Å². The van der Waals surface area contributed by atoms with Crippen molar-refractivity contribution in [2.24, 2.45) is 5.92 Å². The molecule has 0 spiro atoms. The quantitative estimate of drug-likeness (QED) is 0.926. The minimum atomic E-state index is -4.33. The van der Waals surface area contributed by atoms with Crippen LogP contribution in [-0.4, -0.2) is 29.9 Å². The van der Waals surface area contributed by atoms with Gasteiger partial charge in [0.25, 0.3) is 0 Å². The van der Waals surface area contributed by atoms with Gasteiger partial charge < -0.3 is 10.2 Å². The van der Waals surface area contributed by atoms with Crippen LogP contribution in [0.2, 0.25) is 0 Å². The van der Waals surface area contributed by atoms with Crippen molar-refractivity contribution in [3.8, 4) is 0 Å². The molecular weight excluding hydrogens is 293 g/mol. The maximum Gasteiger partial charge on any atom is 0.416 e. The molecule has 1 aromatic carbocycles. The highest BCUT2D eigenvalue weighted by molar-refractivity contribution is 5.80. The Morgan fingerprint density at radius 3 is 2.50 bits per heavy atom. The number of nitrogens with one attached hydrogen (secondary N) is 1. The molecule has 1 heterocycles. The summed E-state index contributed by atoms with van der Waals surface area (Å²) in [4.78, 5) is 14.1. The highest BCUT2D eigenvalue weighted by Crippen LogP contribution is 2.34. The predicted octanol–water partition coefficient (Wildman–Crippen LogP) is 3.52. The van der Waals surface area contributed by atoms with Crippen LogP contribution in [0.15, 0.2) is 24.3 Å². The molecule has 120 valence electrons. The molecule has 2 aliphatic rings. The molecule has 0 radical (unpaired) electrons. The lowest BCUT2D eigenvalue weighted by Gasteiger charge is -2.37. The summed E-state index contributed by atoms with van der Waals surface area (Å²) in [5.74, 6) is 0.237. The predicted molar refractivity (Wildman–Crippen MR) is 77.4 cm³/mol. The SMILES string of the molecule is O=C(C1CC(Nc2cccc(C(F)(F)F)c2)C1)N1CCCC1. The molecule has 1 aliphatic heterocycles. The molecule has 22 heavy (non-hydrogen) atoms. The number of carbonyl (C=O) groups excluding carboxylic acids is 1. The normalized spacial score (nSPS) is 25.0. The molecule has 0 atom stereocenters. The largest absolute Gasteiger partial charge is 0.416 e. The zero-order valence-corrected chi connectivity index (χ0v) is 12.2. The average Bonchev–Trinajstić information content (AvgIpc) is 2.95. The number of carbonyl (C=O) groups is 1. The maximum atomic E-state index is 12.7. The molecule has 1 amide bonds. The van der Waals surface area contributed by atoms with Gasteiger partial charge in [-0.05, 0) is 43.9 Å². The van der Waals surface area contributed by atoms with Crippen LogP contribution >= 0.6 is 0 Å². The van der Waals surface area contributed by atoms with Crippen LogP contribution in [-0.2, 0) is 11.0 Å². The number of hydrogen-bond acceptors (Lipinski definition) is 2. The van der Waals surface area contributed by atoms with E-state index in [1.165, 1.54) is 6.07 Å². The molecule has 6 heteroatoms. The van der Waals surface area contributed by atoms with E-state index in [1.807, 2.05) is 4.90 Å². The molecule has 0 aromatic heterocycles. The summed E-state index contributed by atoms with van der Waals surface area (Å²) >= 11 is 0. The Balaban J connectivity index is 1.53. The zero-order chi connectivity index (χ0) is 15.7. The van der Waals surface area contributed by atoms with Gasteiger partial charge in [0.15, 0.2) is 0 Å². The van der Waals surface area contributed by atoms with E-state index >= 15 is 0 Å². The smallest absolute Gasteiger partial charge is 0.382 e. The van der Waals surface area contributed by atoms with E-state index in [-0.39, 0.29) is 17.9 Å². The minimum Gasteiger partial charge on any atom is -0.382 e. The van der Waals surface area contributed by atoms with E-state index in [2.05, 4.69) is 5.32 Å². The first kappa shape index (κ1) is 15.2. The molecule has 3 nitrogen and oxygen atoms in total. The molecule has 3 rings (SSSR count). The molecule has 0 unspecified atom stereocenters. The number of hydrogen-bond donors (Lipinski definition) is 1. The lowest BCUT2D eigenvalue weighted by molar-refractivity contribution is -0.138. The Bertz CT molecular complexity index is 547. The second-order valence-corrected chi connectivity index (χ2v) is 6.12. The molecule has 1 aromatic rings. The lowest BCUT2D eigenvalue weighted by atomic mass is 9.79. The van der Waals surface area contributed by atoms with Crippen molar-refractivity contribution in [1.82, 2.24) is 4.90 Å². The van der Waals surface area contributed by atoms with Gasteiger partial charge >= 0.3 is 6.18 Å². The standard InChI is InChI=1S/C16H19F3N2O/c17-16(18,19)12-4-3-5-13(10-12)20-14-8-11(9-14)15(22)21-6-1-2-7-21/h3-5,10-11,14,20H,1-2,6-9H2. The van der Waals surface area contributed by atoms with Gasteiger partial charge in [-0.3, -0.25) is 4.79 Å². The number of benzene rings is 1. The highest BCUT2D eigenvalue weighted by atomic mass is 19.4. The van der Waals surface area contributed by atoms with Gasteiger partial charge in [-0.25, -0.2) is 0 Å². The number of rotatable bonds is 3. The van der Waals surface area contributed by atoms with Crippen LogP contribution < -0.4 is 5.32 Å². The fraction of sp³-hybridized carbons (Fsp3) is 0.562. The van der Waals surface area contributed by atoms with Crippen LogP contribution in [0, 0.1) is 5.92 Å². The first-order valence-electron chi connectivity index (χ1n) is 7.66. The van der Waals surface area contributed by atoms with Crippen molar-refractivity contribution in [2.45, 2.75) is 37.9 Å². The van der Waals surface area contributed by atoms with E-state index in [0.29, 0.717) is 18.5 Å². The van der Waals surface area contributed by atoms with Gasteiger partial charge in [0.1, 0.15) is 0 Å². The molecule has 1 N–H and O–H groups in total. The zero-order valence-electron chi connectivity index (χ0n) is 12.2. The fourth-order valence-electron chi connectivity index (χ4n) is 3.15. The molecule has 1 aliphatic carbocycles. The summed E-state index contributed by atoms with van der Waals surface area (Å²) in [6.07, 6.45) is -0.780. The monoisotopic (exact) mass is 312 g/mol. The third-order valence-electron chi connectivity index (χ3n) is 4.47. The molecule has 1 saturated carbocycles. The maximum absolute atomic E-state index is 12.7.